The minimum atomic E-state index is -0.0117. The lowest BCUT2D eigenvalue weighted by molar-refractivity contribution is 0.121. The van der Waals surface area contributed by atoms with Gasteiger partial charge in [0.2, 0.25) is 6.79 Å². The Morgan fingerprint density at radius 2 is 1.20 bits per heavy atom. The van der Waals surface area contributed by atoms with E-state index < -0.39 is 0 Å². The Balaban J connectivity index is 0.000000248. The molecule has 160 valence electrons. The average molecular weight is 412 g/mol. The number of rotatable bonds is 7. The second-order valence-electron chi connectivity index (χ2n) is 6.34. The van der Waals surface area contributed by atoms with Crippen LogP contribution < -0.4 is 49.2 Å². The van der Waals surface area contributed by atoms with E-state index in [2.05, 4.69) is 5.32 Å². The normalized spacial score (nSPS) is 9.90. The van der Waals surface area contributed by atoms with Crippen LogP contribution in [-0.4, -0.2) is 19.9 Å². The van der Waals surface area contributed by atoms with Crippen molar-refractivity contribution in [1.82, 2.24) is 0 Å². The number of nitrogens with two attached hydrogens (primary N) is 6. The molecule has 9 nitrogen and oxygen atoms in total. The van der Waals surface area contributed by atoms with Crippen LogP contribution in [0.5, 0.6) is 11.5 Å². The van der Waals surface area contributed by atoms with Crippen molar-refractivity contribution >= 4 is 34.1 Å². The van der Waals surface area contributed by atoms with E-state index in [1.165, 1.54) is 0 Å². The Hall–Kier alpha value is -3.98. The summed E-state index contributed by atoms with van der Waals surface area (Å²) >= 11 is 0. The van der Waals surface area contributed by atoms with Crippen molar-refractivity contribution in [3.8, 4) is 11.5 Å². The smallest absolute Gasteiger partial charge is 0.231 e. The molecule has 0 fully saturated rings. The van der Waals surface area contributed by atoms with Crippen molar-refractivity contribution in [1.29, 1.82) is 0 Å². The Bertz CT molecular complexity index is 899. The zero-order valence-corrected chi connectivity index (χ0v) is 16.7. The molecule has 0 saturated carbocycles. The summed E-state index contributed by atoms with van der Waals surface area (Å²) < 4.78 is 10.8. The topological polar surface area (TPSA) is 187 Å². The Morgan fingerprint density at radius 1 is 0.667 bits per heavy atom. The van der Waals surface area contributed by atoms with E-state index in [9.17, 15) is 0 Å². The molecule has 0 bridgehead atoms. The van der Waals surface area contributed by atoms with E-state index in [1.54, 1.807) is 36.4 Å². The zero-order chi connectivity index (χ0) is 21.9. The Labute approximate surface area is 175 Å². The highest BCUT2D eigenvalue weighted by atomic mass is 16.7. The minimum absolute atomic E-state index is 0.0117. The minimum Gasteiger partial charge on any atom is -0.455 e. The highest BCUT2D eigenvalue weighted by Gasteiger charge is 2.03. The summed E-state index contributed by atoms with van der Waals surface area (Å²) in [5.41, 5.74) is 37.4. The first kappa shape index (κ1) is 22.3. The molecule has 0 spiro atoms. The van der Waals surface area contributed by atoms with Crippen molar-refractivity contribution in [3.05, 3.63) is 60.7 Å². The van der Waals surface area contributed by atoms with Gasteiger partial charge in [-0.1, -0.05) is 6.07 Å². The highest BCUT2D eigenvalue weighted by Crippen LogP contribution is 2.26. The van der Waals surface area contributed by atoms with Crippen LogP contribution >= 0.6 is 0 Å². The van der Waals surface area contributed by atoms with Crippen LogP contribution in [-0.2, 0) is 0 Å². The van der Waals surface area contributed by atoms with Gasteiger partial charge in [-0.2, -0.15) is 0 Å². The second-order valence-corrected chi connectivity index (χ2v) is 6.34. The second kappa shape index (κ2) is 11.1. The summed E-state index contributed by atoms with van der Waals surface area (Å²) in [6.45, 7) is 1.40. The maximum Gasteiger partial charge on any atom is 0.231 e. The van der Waals surface area contributed by atoms with Crippen molar-refractivity contribution in [2.45, 2.75) is 0 Å². The number of nitrogen functional groups attached to an aromatic ring is 5. The lowest BCUT2D eigenvalue weighted by atomic mass is 10.2. The number of benzene rings is 3. The molecule has 0 aliphatic carbocycles. The van der Waals surface area contributed by atoms with E-state index in [0.717, 1.165) is 17.9 Å². The maximum atomic E-state index is 5.75. The van der Waals surface area contributed by atoms with Crippen LogP contribution in [0.25, 0.3) is 0 Å². The lowest BCUT2D eigenvalue weighted by Crippen LogP contribution is -2.12. The van der Waals surface area contributed by atoms with Gasteiger partial charge < -0.3 is 49.2 Å². The fourth-order valence-electron chi connectivity index (χ4n) is 2.42. The molecule has 9 heteroatoms. The standard InChI is InChI=1S/C13H16N4O2.C8H13N3/c14-8-1-3-12(10(16)5-8)18-7-19-13-4-2-9(15)6-11(13)17;9-4-5-11-8-3-1-2-7(10)6-8/h1-6H,7,14-17H2;1-3,6,11H,4-5,9-10H2. The van der Waals surface area contributed by atoms with E-state index in [4.69, 9.17) is 43.9 Å². The third-order valence-corrected chi connectivity index (χ3v) is 3.86. The quantitative estimate of drug-likeness (QED) is 0.225. The van der Waals surface area contributed by atoms with Crippen LogP contribution in [0.3, 0.4) is 0 Å². The summed E-state index contributed by atoms with van der Waals surface area (Å²) in [6.07, 6.45) is 0. The number of ether oxygens (including phenoxy) is 2. The van der Waals surface area contributed by atoms with Gasteiger partial charge in [0.05, 0.1) is 11.4 Å². The van der Waals surface area contributed by atoms with Gasteiger partial charge >= 0.3 is 0 Å². The van der Waals surface area contributed by atoms with Gasteiger partial charge in [0.1, 0.15) is 11.5 Å². The van der Waals surface area contributed by atoms with E-state index in [1.807, 2.05) is 24.3 Å². The van der Waals surface area contributed by atoms with Crippen LogP contribution in [0.15, 0.2) is 60.7 Å². The molecule has 3 aromatic rings. The van der Waals surface area contributed by atoms with E-state index in [-0.39, 0.29) is 6.79 Å². The third kappa shape index (κ3) is 7.21. The molecule has 0 amide bonds. The van der Waals surface area contributed by atoms with Gasteiger partial charge in [-0.25, -0.2) is 0 Å². The molecule has 0 unspecified atom stereocenters. The summed E-state index contributed by atoms with van der Waals surface area (Å²) in [7, 11) is 0. The van der Waals surface area contributed by atoms with Gasteiger partial charge in [-0.3, -0.25) is 0 Å². The van der Waals surface area contributed by atoms with Gasteiger partial charge in [-0.05, 0) is 54.6 Å². The van der Waals surface area contributed by atoms with Gasteiger partial charge in [0.25, 0.3) is 0 Å². The van der Waals surface area contributed by atoms with Gasteiger partial charge in [-0.15, -0.1) is 0 Å². The van der Waals surface area contributed by atoms with E-state index in [0.29, 0.717) is 40.8 Å². The molecule has 0 heterocycles. The fraction of sp³-hybridized carbons (Fsp3) is 0.143. The fourth-order valence-corrected chi connectivity index (χ4v) is 2.42. The predicted molar refractivity (Wildman–Crippen MR) is 125 cm³/mol. The first-order valence-corrected chi connectivity index (χ1v) is 9.24. The maximum absolute atomic E-state index is 5.75. The zero-order valence-electron chi connectivity index (χ0n) is 16.7. The van der Waals surface area contributed by atoms with Crippen LogP contribution in [0, 0.1) is 0 Å². The number of nitrogens with one attached hydrogen (secondary N) is 1. The molecule has 0 atom stereocenters. The molecule has 0 aromatic heterocycles. The molecule has 0 saturated heterocycles. The van der Waals surface area contributed by atoms with Gasteiger partial charge in [0, 0.05) is 35.8 Å². The molecule has 0 aliphatic rings. The highest BCUT2D eigenvalue weighted by molar-refractivity contribution is 5.61. The van der Waals surface area contributed by atoms with Crippen molar-refractivity contribution in [2.24, 2.45) is 5.73 Å². The van der Waals surface area contributed by atoms with Crippen LogP contribution in [0.4, 0.5) is 34.1 Å². The molecule has 30 heavy (non-hydrogen) atoms. The lowest BCUT2D eigenvalue weighted by Gasteiger charge is -2.12. The molecule has 3 aromatic carbocycles. The van der Waals surface area contributed by atoms with Crippen LogP contribution in [0.2, 0.25) is 0 Å². The molecule has 0 radical (unpaired) electrons. The largest absolute Gasteiger partial charge is 0.455 e. The molecule has 0 aliphatic heterocycles. The summed E-state index contributed by atoms with van der Waals surface area (Å²) in [5, 5.41) is 3.13. The molecular formula is C21H29N7O2. The van der Waals surface area contributed by atoms with Crippen molar-refractivity contribution in [2.75, 3.05) is 53.9 Å². The molecule has 3 rings (SSSR count). The number of anilines is 6. The molecular weight excluding hydrogens is 382 g/mol. The Morgan fingerprint density at radius 3 is 1.67 bits per heavy atom. The van der Waals surface area contributed by atoms with Crippen LogP contribution in [0.1, 0.15) is 0 Å². The Kier molecular flexibility index (Phi) is 8.27. The SMILES string of the molecule is NCCNc1cccc(N)c1.Nc1ccc(OCOc2ccc(N)cc2N)c(N)c1. The number of hydrogen-bond donors (Lipinski definition) is 7. The van der Waals surface area contributed by atoms with Gasteiger partial charge in [0.15, 0.2) is 0 Å². The number of hydrogen-bond acceptors (Lipinski definition) is 9. The first-order valence-electron chi connectivity index (χ1n) is 9.24. The third-order valence-electron chi connectivity index (χ3n) is 3.86. The van der Waals surface area contributed by atoms with Crippen molar-refractivity contribution in [3.63, 3.8) is 0 Å². The molecule has 13 N–H and O–H groups in total. The summed E-state index contributed by atoms with van der Waals surface area (Å²) in [4.78, 5) is 0. The first-order chi connectivity index (χ1) is 14.4. The summed E-state index contributed by atoms with van der Waals surface area (Å²) in [5.74, 6) is 1.01. The van der Waals surface area contributed by atoms with E-state index >= 15 is 0 Å². The monoisotopic (exact) mass is 411 g/mol. The predicted octanol–water partition coefficient (Wildman–Crippen LogP) is 2.07. The summed E-state index contributed by atoms with van der Waals surface area (Å²) in [6, 6.07) is 17.6. The van der Waals surface area contributed by atoms with Crippen molar-refractivity contribution < 1.29 is 9.47 Å². The average Bonchev–Trinajstić information content (AvgIpc) is 2.70.